The molecule has 0 saturated heterocycles. The second-order valence-electron chi connectivity index (χ2n) is 5.89. The van der Waals surface area contributed by atoms with Gasteiger partial charge in [0.1, 0.15) is 18.1 Å². The Morgan fingerprint density at radius 3 is 2.50 bits per heavy atom. The predicted molar refractivity (Wildman–Crippen MR) is 113 cm³/mol. The molecule has 3 aromatic rings. The lowest BCUT2D eigenvalue weighted by atomic mass is 10.2. The molecule has 1 amide bonds. The zero-order valence-electron chi connectivity index (χ0n) is 15.3. The number of nitrogens with one attached hydrogen (secondary N) is 1. The van der Waals surface area contributed by atoms with Crippen LogP contribution in [0.2, 0.25) is 0 Å². The molecule has 3 aromatic carbocycles. The fourth-order valence-electron chi connectivity index (χ4n) is 2.43. The number of methoxy groups -OCH3 is 1. The topological polar surface area (TPSA) is 59.9 Å². The number of nitrogens with zero attached hydrogens (tertiary/aromatic N) is 1. The third-order valence-corrected chi connectivity index (χ3v) is 4.54. The van der Waals surface area contributed by atoms with Crippen molar-refractivity contribution in [2.24, 2.45) is 5.10 Å². The van der Waals surface area contributed by atoms with Gasteiger partial charge in [0.2, 0.25) is 0 Å². The van der Waals surface area contributed by atoms with E-state index in [4.69, 9.17) is 9.47 Å². The van der Waals surface area contributed by atoms with Crippen LogP contribution in [0.1, 0.15) is 21.5 Å². The van der Waals surface area contributed by atoms with Crippen LogP contribution >= 0.6 is 15.9 Å². The third-order valence-electron chi connectivity index (χ3n) is 3.92. The van der Waals surface area contributed by atoms with Gasteiger partial charge in [-0.15, -0.1) is 0 Å². The predicted octanol–water partition coefficient (Wildman–Crippen LogP) is 4.80. The van der Waals surface area contributed by atoms with E-state index in [9.17, 15) is 4.79 Å². The molecule has 6 heteroatoms. The molecule has 0 spiro atoms. The number of rotatable bonds is 7. The zero-order chi connectivity index (χ0) is 19.8. The van der Waals surface area contributed by atoms with Crippen molar-refractivity contribution in [1.82, 2.24) is 5.43 Å². The van der Waals surface area contributed by atoms with Gasteiger partial charge in [-0.05, 0) is 69.5 Å². The average molecular weight is 439 g/mol. The summed E-state index contributed by atoms with van der Waals surface area (Å²) in [5, 5.41) is 4.00. The molecular weight excluding hydrogens is 420 g/mol. The summed E-state index contributed by atoms with van der Waals surface area (Å²) < 4.78 is 11.6. The van der Waals surface area contributed by atoms with Crippen LogP contribution in [0.4, 0.5) is 0 Å². The second kappa shape index (κ2) is 9.71. The first-order valence-electron chi connectivity index (χ1n) is 8.59. The Labute approximate surface area is 172 Å². The summed E-state index contributed by atoms with van der Waals surface area (Å²) >= 11 is 3.36. The highest BCUT2D eigenvalue weighted by Gasteiger charge is 2.07. The Morgan fingerprint density at radius 2 is 1.82 bits per heavy atom. The van der Waals surface area contributed by atoms with E-state index in [1.54, 1.807) is 31.5 Å². The van der Waals surface area contributed by atoms with Gasteiger partial charge in [0.15, 0.2) is 0 Å². The summed E-state index contributed by atoms with van der Waals surface area (Å²) in [5.41, 5.74) is 4.95. The minimum atomic E-state index is -0.303. The molecule has 0 unspecified atom stereocenters. The van der Waals surface area contributed by atoms with Gasteiger partial charge in [-0.2, -0.15) is 5.10 Å². The summed E-state index contributed by atoms with van der Waals surface area (Å²) in [5.74, 6) is 1.13. The maximum Gasteiger partial charge on any atom is 0.271 e. The van der Waals surface area contributed by atoms with Gasteiger partial charge < -0.3 is 9.47 Å². The van der Waals surface area contributed by atoms with Crippen LogP contribution in [-0.2, 0) is 6.61 Å². The largest absolute Gasteiger partial charge is 0.496 e. The van der Waals surface area contributed by atoms with Gasteiger partial charge in [0, 0.05) is 5.56 Å². The Balaban J connectivity index is 1.52. The highest BCUT2D eigenvalue weighted by Crippen LogP contribution is 2.25. The van der Waals surface area contributed by atoms with Crippen molar-refractivity contribution in [2.45, 2.75) is 6.61 Å². The summed E-state index contributed by atoms with van der Waals surface area (Å²) in [7, 11) is 1.57. The van der Waals surface area contributed by atoms with Crippen molar-refractivity contribution in [3.8, 4) is 11.5 Å². The second-order valence-corrected chi connectivity index (χ2v) is 6.75. The maximum absolute atomic E-state index is 12.2. The fraction of sp³-hybridized carbons (Fsp3) is 0.0909. The van der Waals surface area contributed by atoms with E-state index in [0.29, 0.717) is 22.4 Å². The van der Waals surface area contributed by atoms with E-state index in [2.05, 4.69) is 26.5 Å². The van der Waals surface area contributed by atoms with Crippen molar-refractivity contribution >= 4 is 28.1 Å². The third kappa shape index (κ3) is 5.44. The van der Waals surface area contributed by atoms with Crippen LogP contribution in [0, 0.1) is 0 Å². The number of carbonyl (C=O) groups is 1. The minimum absolute atomic E-state index is 0.303. The first kappa shape index (κ1) is 19.6. The lowest BCUT2D eigenvalue weighted by molar-refractivity contribution is 0.0955. The first-order valence-corrected chi connectivity index (χ1v) is 9.39. The monoisotopic (exact) mass is 438 g/mol. The summed E-state index contributed by atoms with van der Waals surface area (Å²) in [6.45, 7) is 0.516. The molecule has 3 rings (SSSR count). The Bertz CT molecular complexity index is 957. The van der Waals surface area contributed by atoms with Crippen LogP contribution in [0.3, 0.4) is 0 Å². The highest BCUT2D eigenvalue weighted by atomic mass is 79.9. The van der Waals surface area contributed by atoms with Gasteiger partial charge in [-0.1, -0.05) is 30.3 Å². The molecule has 0 aliphatic heterocycles. The van der Waals surface area contributed by atoms with E-state index in [-0.39, 0.29) is 5.91 Å². The minimum Gasteiger partial charge on any atom is -0.496 e. The van der Waals surface area contributed by atoms with E-state index in [0.717, 1.165) is 16.9 Å². The number of hydrazone groups is 1. The number of halogens is 1. The molecule has 0 aliphatic carbocycles. The molecule has 0 fully saturated rings. The van der Waals surface area contributed by atoms with Crippen LogP contribution in [0.25, 0.3) is 0 Å². The molecule has 0 heterocycles. The summed E-state index contributed by atoms with van der Waals surface area (Å²) in [4.78, 5) is 12.2. The van der Waals surface area contributed by atoms with E-state index < -0.39 is 0 Å². The lowest BCUT2D eigenvalue weighted by Crippen LogP contribution is -2.17. The van der Waals surface area contributed by atoms with Gasteiger partial charge in [-0.25, -0.2) is 5.43 Å². The lowest BCUT2D eigenvalue weighted by Gasteiger charge is -2.06. The van der Waals surface area contributed by atoms with Gasteiger partial charge >= 0.3 is 0 Å². The number of benzene rings is 3. The van der Waals surface area contributed by atoms with Gasteiger partial charge in [0.25, 0.3) is 5.91 Å². The van der Waals surface area contributed by atoms with Crippen molar-refractivity contribution < 1.29 is 14.3 Å². The molecule has 28 heavy (non-hydrogen) atoms. The molecule has 0 atom stereocenters. The first-order chi connectivity index (χ1) is 13.7. The standard InChI is InChI=1S/C22H19BrN2O3/c1-27-21-12-9-18(13-20(21)23)22(26)25-24-14-16-7-10-19(11-8-16)28-15-17-5-3-2-4-6-17/h2-14H,15H2,1H3,(H,25,26)/b24-14+. The van der Waals surface area contributed by atoms with E-state index in [1.807, 2.05) is 54.6 Å². The Hall–Kier alpha value is -3.12. The zero-order valence-corrected chi connectivity index (χ0v) is 16.8. The van der Waals surface area contributed by atoms with Crippen LogP contribution in [0.15, 0.2) is 82.4 Å². The molecule has 0 bridgehead atoms. The molecule has 0 radical (unpaired) electrons. The van der Waals surface area contributed by atoms with E-state index >= 15 is 0 Å². The molecule has 1 N–H and O–H groups in total. The fourth-order valence-corrected chi connectivity index (χ4v) is 2.97. The van der Waals surface area contributed by atoms with Crippen molar-refractivity contribution in [3.63, 3.8) is 0 Å². The maximum atomic E-state index is 12.2. The van der Waals surface area contributed by atoms with Crippen molar-refractivity contribution in [3.05, 3.63) is 94.0 Å². The normalized spacial score (nSPS) is 10.6. The SMILES string of the molecule is COc1ccc(C(=O)N/N=C/c2ccc(OCc3ccccc3)cc2)cc1Br. The molecule has 0 aliphatic rings. The van der Waals surface area contributed by atoms with Crippen LogP contribution < -0.4 is 14.9 Å². The summed E-state index contributed by atoms with van der Waals surface area (Å²) in [6, 6.07) is 22.5. The van der Waals surface area contributed by atoms with E-state index in [1.165, 1.54) is 0 Å². The highest BCUT2D eigenvalue weighted by molar-refractivity contribution is 9.10. The quantitative estimate of drug-likeness (QED) is 0.425. The number of hydrogen-bond donors (Lipinski definition) is 1. The number of amides is 1. The summed E-state index contributed by atoms with van der Waals surface area (Å²) in [6.07, 6.45) is 1.58. The number of hydrogen-bond acceptors (Lipinski definition) is 4. The molecular formula is C22H19BrN2O3. The number of ether oxygens (including phenoxy) is 2. The molecule has 0 saturated carbocycles. The average Bonchev–Trinajstić information content (AvgIpc) is 2.73. The van der Waals surface area contributed by atoms with Gasteiger partial charge in [-0.3, -0.25) is 4.79 Å². The van der Waals surface area contributed by atoms with Crippen molar-refractivity contribution in [2.75, 3.05) is 7.11 Å². The van der Waals surface area contributed by atoms with Gasteiger partial charge in [0.05, 0.1) is 17.8 Å². The molecule has 142 valence electrons. The molecule has 0 aromatic heterocycles. The van der Waals surface area contributed by atoms with Crippen molar-refractivity contribution in [1.29, 1.82) is 0 Å². The smallest absolute Gasteiger partial charge is 0.271 e. The van der Waals surface area contributed by atoms with Crippen LogP contribution in [-0.4, -0.2) is 19.2 Å². The number of carbonyl (C=O) groups excluding carboxylic acids is 1. The van der Waals surface area contributed by atoms with Crippen LogP contribution in [0.5, 0.6) is 11.5 Å². The Kier molecular flexibility index (Phi) is 6.81. The Morgan fingerprint density at radius 1 is 1.07 bits per heavy atom. The molecule has 5 nitrogen and oxygen atoms in total.